The summed E-state index contributed by atoms with van der Waals surface area (Å²) in [5.41, 5.74) is 4.42. The Hall–Kier alpha value is -3.46. The van der Waals surface area contributed by atoms with E-state index in [2.05, 4.69) is 20.4 Å². The average molecular weight is 423 g/mol. The Balaban J connectivity index is 1.49. The molecule has 0 bridgehead atoms. The number of nitrogens with one attached hydrogen (secondary N) is 1. The molecule has 0 aliphatic heterocycles. The van der Waals surface area contributed by atoms with E-state index >= 15 is 0 Å². The fourth-order valence-electron chi connectivity index (χ4n) is 2.98. The molecule has 0 unspecified atom stereocenters. The molecule has 1 amide bonds. The minimum atomic E-state index is -0.267. The highest BCUT2D eigenvalue weighted by molar-refractivity contribution is 7.07. The number of rotatable bonds is 7. The minimum absolute atomic E-state index is 0.208. The van der Waals surface area contributed by atoms with Crippen LogP contribution < -0.4 is 14.8 Å². The topological polar surface area (TPSA) is 91.2 Å². The second-order valence-electron chi connectivity index (χ2n) is 6.91. The van der Waals surface area contributed by atoms with E-state index in [1.807, 2.05) is 30.0 Å². The highest BCUT2D eigenvalue weighted by Gasteiger charge is 2.14. The van der Waals surface area contributed by atoms with Crippen molar-refractivity contribution in [2.45, 2.75) is 26.5 Å². The maximum absolute atomic E-state index is 12.7. The van der Waals surface area contributed by atoms with Gasteiger partial charge in [-0.1, -0.05) is 0 Å². The summed E-state index contributed by atoms with van der Waals surface area (Å²) in [6, 6.07) is 7.12. The molecule has 1 aromatic carbocycles. The van der Waals surface area contributed by atoms with Gasteiger partial charge in [0, 0.05) is 22.4 Å². The van der Waals surface area contributed by atoms with Crippen LogP contribution >= 0.6 is 11.3 Å². The van der Waals surface area contributed by atoms with E-state index < -0.39 is 0 Å². The molecule has 4 rings (SSSR count). The minimum Gasteiger partial charge on any atom is -0.493 e. The molecule has 0 radical (unpaired) electrons. The van der Waals surface area contributed by atoms with Gasteiger partial charge in [0.05, 0.1) is 36.4 Å². The Kier molecular flexibility index (Phi) is 5.62. The number of thiazole rings is 1. The van der Waals surface area contributed by atoms with E-state index in [1.54, 1.807) is 36.1 Å². The van der Waals surface area contributed by atoms with Crippen LogP contribution in [0.5, 0.6) is 11.5 Å². The number of aromatic nitrogens is 4. The van der Waals surface area contributed by atoms with Gasteiger partial charge in [-0.3, -0.25) is 4.79 Å². The van der Waals surface area contributed by atoms with Crippen molar-refractivity contribution in [3.05, 3.63) is 58.8 Å². The number of carbonyl (C=O) groups is 1. The molecule has 9 heteroatoms. The van der Waals surface area contributed by atoms with Crippen molar-refractivity contribution < 1.29 is 14.3 Å². The summed E-state index contributed by atoms with van der Waals surface area (Å²) in [5, 5.41) is 10.0. The number of ether oxygens (including phenoxy) is 2. The lowest BCUT2D eigenvalue weighted by Gasteiger charge is -2.12. The monoisotopic (exact) mass is 423 g/mol. The Morgan fingerprint density at radius 1 is 1.20 bits per heavy atom. The summed E-state index contributed by atoms with van der Waals surface area (Å²) < 4.78 is 13.0. The van der Waals surface area contributed by atoms with Gasteiger partial charge < -0.3 is 14.8 Å². The standard InChI is InChI=1S/C21H21N5O3S/c1-13(2)26-20-15(8-24-26)6-16(9-22-20)25-21(27)14-4-5-18(19(7-14)28-3)29-10-17-11-30-12-23-17/h4-9,11-13H,10H2,1-3H3,(H,25,27). The van der Waals surface area contributed by atoms with Crippen LogP contribution in [0.15, 0.2) is 47.5 Å². The van der Waals surface area contributed by atoms with Gasteiger partial charge in [0.25, 0.3) is 5.91 Å². The maximum atomic E-state index is 12.7. The summed E-state index contributed by atoms with van der Waals surface area (Å²) in [4.78, 5) is 21.4. The van der Waals surface area contributed by atoms with Gasteiger partial charge in [0.15, 0.2) is 17.1 Å². The lowest BCUT2D eigenvalue weighted by Crippen LogP contribution is -2.12. The van der Waals surface area contributed by atoms with E-state index in [4.69, 9.17) is 9.47 Å². The third kappa shape index (κ3) is 4.11. The Morgan fingerprint density at radius 3 is 2.80 bits per heavy atom. The average Bonchev–Trinajstić information content (AvgIpc) is 3.41. The molecular formula is C21H21N5O3S. The number of nitrogens with zero attached hydrogens (tertiary/aromatic N) is 4. The van der Waals surface area contributed by atoms with Gasteiger partial charge in [-0.15, -0.1) is 11.3 Å². The number of amides is 1. The van der Waals surface area contributed by atoms with Gasteiger partial charge in [0.2, 0.25) is 0 Å². The molecule has 3 heterocycles. The highest BCUT2D eigenvalue weighted by Crippen LogP contribution is 2.29. The van der Waals surface area contributed by atoms with E-state index in [0.717, 1.165) is 16.7 Å². The lowest BCUT2D eigenvalue weighted by molar-refractivity contribution is 0.102. The summed E-state index contributed by atoms with van der Waals surface area (Å²) >= 11 is 1.51. The van der Waals surface area contributed by atoms with Gasteiger partial charge in [-0.05, 0) is 38.1 Å². The van der Waals surface area contributed by atoms with Gasteiger partial charge in [-0.2, -0.15) is 5.10 Å². The Morgan fingerprint density at radius 2 is 2.07 bits per heavy atom. The van der Waals surface area contributed by atoms with Crippen LogP contribution in [0.4, 0.5) is 5.69 Å². The van der Waals surface area contributed by atoms with Crippen molar-refractivity contribution in [3.8, 4) is 11.5 Å². The van der Waals surface area contributed by atoms with Crippen LogP contribution in [-0.4, -0.2) is 32.8 Å². The summed E-state index contributed by atoms with van der Waals surface area (Å²) in [5.74, 6) is 0.757. The smallest absolute Gasteiger partial charge is 0.255 e. The number of hydrogen-bond donors (Lipinski definition) is 1. The van der Waals surface area contributed by atoms with Crippen molar-refractivity contribution in [3.63, 3.8) is 0 Å². The predicted molar refractivity (Wildman–Crippen MR) is 115 cm³/mol. The van der Waals surface area contributed by atoms with Crippen LogP contribution in [0, 0.1) is 0 Å². The third-order valence-corrected chi connectivity index (χ3v) is 5.10. The zero-order valence-electron chi connectivity index (χ0n) is 16.8. The van der Waals surface area contributed by atoms with Gasteiger partial charge in [0.1, 0.15) is 6.61 Å². The molecule has 0 atom stereocenters. The molecular weight excluding hydrogens is 402 g/mol. The molecule has 154 valence electrons. The van der Waals surface area contributed by atoms with E-state index in [9.17, 15) is 4.79 Å². The Bertz CT molecular complexity index is 1170. The molecule has 0 fully saturated rings. The van der Waals surface area contributed by atoms with Crippen molar-refractivity contribution in [1.82, 2.24) is 19.7 Å². The Labute approximate surface area is 177 Å². The van der Waals surface area contributed by atoms with Gasteiger partial charge >= 0.3 is 0 Å². The molecule has 3 aromatic heterocycles. The molecule has 8 nitrogen and oxygen atoms in total. The SMILES string of the molecule is COc1cc(C(=O)Nc2cnc3c(cnn3C(C)C)c2)ccc1OCc1cscn1. The molecule has 1 N–H and O–H groups in total. The fraction of sp³-hybridized carbons (Fsp3) is 0.238. The van der Waals surface area contributed by atoms with E-state index in [1.165, 1.54) is 18.4 Å². The summed E-state index contributed by atoms with van der Waals surface area (Å²) in [7, 11) is 1.54. The van der Waals surface area contributed by atoms with Crippen molar-refractivity contribution >= 4 is 34.0 Å². The van der Waals surface area contributed by atoms with Gasteiger partial charge in [-0.25, -0.2) is 14.6 Å². The molecule has 0 saturated carbocycles. The maximum Gasteiger partial charge on any atom is 0.255 e. The van der Waals surface area contributed by atoms with Crippen LogP contribution in [0.1, 0.15) is 35.9 Å². The number of benzene rings is 1. The largest absolute Gasteiger partial charge is 0.493 e. The zero-order chi connectivity index (χ0) is 21.1. The molecule has 0 spiro atoms. The number of anilines is 1. The number of carbonyl (C=O) groups excluding carboxylic acids is 1. The molecule has 0 aliphatic rings. The first kappa shape index (κ1) is 19.8. The quantitative estimate of drug-likeness (QED) is 0.476. The molecule has 0 aliphatic carbocycles. The highest BCUT2D eigenvalue weighted by atomic mass is 32.1. The normalized spacial score (nSPS) is 11.1. The first-order valence-corrected chi connectivity index (χ1v) is 10.3. The third-order valence-electron chi connectivity index (χ3n) is 4.47. The first-order valence-electron chi connectivity index (χ1n) is 9.37. The predicted octanol–water partition coefficient (Wildman–Crippen LogP) is 4.31. The summed E-state index contributed by atoms with van der Waals surface area (Å²) in [6.45, 7) is 4.42. The molecule has 4 aromatic rings. The van der Waals surface area contributed by atoms with Crippen LogP contribution in [0.3, 0.4) is 0 Å². The first-order chi connectivity index (χ1) is 14.5. The lowest BCUT2D eigenvalue weighted by atomic mass is 10.2. The van der Waals surface area contributed by atoms with Crippen LogP contribution in [-0.2, 0) is 6.61 Å². The number of hydrogen-bond acceptors (Lipinski definition) is 7. The second-order valence-corrected chi connectivity index (χ2v) is 7.63. The van der Waals surface area contributed by atoms with Crippen molar-refractivity contribution in [2.24, 2.45) is 0 Å². The van der Waals surface area contributed by atoms with Crippen LogP contribution in [0.25, 0.3) is 11.0 Å². The number of fused-ring (bicyclic) bond motifs is 1. The van der Waals surface area contributed by atoms with Crippen molar-refractivity contribution in [1.29, 1.82) is 0 Å². The number of methoxy groups -OCH3 is 1. The second kappa shape index (κ2) is 8.50. The zero-order valence-corrected chi connectivity index (χ0v) is 17.6. The number of pyridine rings is 1. The van der Waals surface area contributed by atoms with Crippen LogP contribution in [0.2, 0.25) is 0 Å². The fourth-order valence-corrected chi connectivity index (χ4v) is 3.52. The van der Waals surface area contributed by atoms with E-state index in [-0.39, 0.29) is 11.9 Å². The van der Waals surface area contributed by atoms with E-state index in [0.29, 0.717) is 29.4 Å². The van der Waals surface area contributed by atoms with Crippen molar-refractivity contribution in [2.75, 3.05) is 12.4 Å². The molecule has 30 heavy (non-hydrogen) atoms. The summed E-state index contributed by atoms with van der Waals surface area (Å²) in [6.07, 6.45) is 3.37. The molecule has 0 saturated heterocycles.